The molecule has 1 aliphatic heterocycles. The summed E-state index contributed by atoms with van der Waals surface area (Å²) >= 11 is 1.38. The first-order valence-corrected chi connectivity index (χ1v) is 10.0. The van der Waals surface area contributed by atoms with Crippen LogP contribution in [0.25, 0.3) is 11.3 Å². The minimum Gasteiger partial charge on any atom is -0.446 e. The van der Waals surface area contributed by atoms with E-state index in [1.54, 1.807) is 0 Å². The molecule has 2 aliphatic rings. The number of carbonyl (C=O) groups excluding carboxylic acids is 1. The third kappa shape index (κ3) is 2.68. The Balaban J connectivity index is 1.61. The van der Waals surface area contributed by atoms with Crippen LogP contribution < -0.4 is 14.9 Å². The summed E-state index contributed by atoms with van der Waals surface area (Å²) in [4.78, 5) is 23.5. The lowest BCUT2D eigenvalue weighted by molar-refractivity contribution is -0.194. The van der Waals surface area contributed by atoms with E-state index in [0.29, 0.717) is 34.6 Å². The fraction of sp³-hybridized carbons (Fsp3) is 0.300. The van der Waals surface area contributed by atoms with Gasteiger partial charge in [0.1, 0.15) is 12.4 Å². The maximum absolute atomic E-state index is 12.7. The zero-order chi connectivity index (χ0) is 19.3. The lowest BCUT2D eigenvalue weighted by atomic mass is 9.91. The molecule has 1 aromatic carbocycles. The summed E-state index contributed by atoms with van der Waals surface area (Å²) in [5, 5.41) is 8.02. The summed E-state index contributed by atoms with van der Waals surface area (Å²) in [5.74, 6) is 1.24. The Morgan fingerprint density at radius 1 is 1.36 bits per heavy atom. The highest BCUT2D eigenvalue weighted by Gasteiger charge is 2.31. The number of thiophene rings is 1. The number of rotatable bonds is 4. The molecule has 28 heavy (non-hydrogen) atoms. The molecule has 2 aromatic heterocycles. The molecule has 8 heteroatoms. The second kappa shape index (κ2) is 6.65. The number of hydrogen-bond donors (Lipinski definition) is 1. The predicted octanol–water partition coefficient (Wildman–Crippen LogP) is 3.61. The monoisotopic (exact) mass is 397 g/mol. The molecule has 0 saturated heterocycles. The Hall–Kier alpha value is -2.84. The van der Waals surface area contributed by atoms with Crippen molar-refractivity contribution in [2.75, 3.05) is 6.54 Å². The van der Waals surface area contributed by atoms with E-state index in [9.17, 15) is 4.79 Å². The Morgan fingerprint density at radius 3 is 3.11 bits per heavy atom. The number of benzene rings is 1. The summed E-state index contributed by atoms with van der Waals surface area (Å²) in [6, 6.07) is 5.63. The molecule has 0 bridgehead atoms. The Labute approximate surface area is 165 Å². The predicted molar refractivity (Wildman–Crippen MR) is 104 cm³/mol. The van der Waals surface area contributed by atoms with Crippen molar-refractivity contribution in [2.45, 2.75) is 26.4 Å². The van der Waals surface area contributed by atoms with Crippen LogP contribution >= 0.6 is 11.3 Å². The summed E-state index contributed by atoms with van der Waals surface area (Å²) in [5.41, 5.74) is 5.17. The van der Waals surface area contributed by atoms with Crippen molar-refractivity contribution in [3.8, 4) is 27.8 Å². The van der Waals surface area contributed by atoms with Gasteiger partial charge in [0.15, 0.2) is 10.8 Å². The van der Waals surface area contributed by atoms with Gasteiger partial charge in [0, 0.05) is 25.2 Å². The SMILES string of the molecule is CCNC(=O)c1sc(Oc2ccc3c(c2)OOC3)c2c1CCc1cnn(C)c1-2. The number of nitrogens with zero attached hydrogens (tertiary/aromatic N) is 2. The molecular weight excluding hydrogens is 378 g/mol. The van der Waals surface area contributed by atoms with Crippen LogP contribution in [0.3, 0.4) is 0 Å². The van der Waals surface area contributed by atoms with Gasteiger partial charge in [-0.05, 0) is 43.0 Å². The van der Waals surface area contributed by atoms with Crippen molar-refractivity contribution in [1.82, 2.24) is 15.1 Å². The van der Waals surface area contributed by atoms with Crippen LogP contribution in [0.15, 0.2) is 24.4 Å². The molecule has 0 fully saturated rings. The average Bonchev–Trinajstić information content (AvgIpc) is 3.39. The van der Waals surface area contributed by atoms with Gasteiger partial charge in [0.05, 0.1) is 22.3 Å². The van der Waals surface area contributed by atoms with E-state index in [1.807, 2.05) is 43.0 Å². The smallest absolute Gasteiger partial charge is 0.261 e. The van der Waals surface area contributed by atoms with E-state index >= 15 is 0 Å². The molecule has 144 valence electrons. The molecule has 0 radical (unpaired) electrons. The average molecular weight is 397 g/mol. The van der Waals surface area contributed by atoms with Gasteiger partial charge in [-0.2, -0.15) is 9.99 Å². The van der Waals surface area contributed by atoms with E-state index in [2.05, 4.69) is 10.4 Å². The van der Waals surface area contributed by atoms with Crippen molar-refractivity contribution in [2.24, 2.45) is 7.05 Å². The first-order valence-electron chi connectivity index (χ1n) is 9.21. The zero-order valence-corrected chi connectivity index (χ0v) is 16.4. The van der Waals surface area contributed by atoms with Crippen LogP contribution in [-0.4, -0.2) is 22.2 Å². The molecule has 1 N–H and O–H groups in total. The van der Waals surface area contributed by atoms with E-state index in [1.165, 1.54) is 16.9 Å². The molecule has 1 aliphatic carbocycles. The quantitative estimate of drug-likeness (QED) is 0.681. The van der Waals surface area contributed by atoms with Crippen molar-refractivity contribution < 1.29 is 19.3 Å². The zero-order valence-electron chi connectivity index (χ0n) is 15.6. The van der Waals surface area contributed by atoms with Crippen molar-refractivity contribution in [1.29, 1.82) is 0 Å². The summed E-state index contributed by atoms with van der Waals surface area (Å²) in [6.45, 7) is 2.94. The minimum absolute atomic E-state index is 0.0603. The molecule has 0 saturated carbocycles. The molecule has 0 unspecified atom stereocenters. The molecule has 1 amide bonds. The van der Waals surface area contributed by atoms with Crippen molar-refractivity contribution in [3.05, 3.63) is 46.0 Å². The van der Waals surface area contributed by atoms with Crippen LogP contribution in [0.4, 0.5) is 0 Å². The fourth-order valence-electron chi connectivity index (χ4n) is 3.72. The number of aromatic nitrogens is 2. The summed E-state index contributed by atoms with van der Waals surface area (Å²) in [6.07, 6.45) is 3.55. The van der Waals surface area contributed by atoms with Gasteiger partial charge in [0.2, 0.25) is 0 Å². The Kier molecular flexibility index (Phi) is 4.10. The molecule has 3 aromatic rings. The number of fused-ring (bicyclic) bond motifs is 4. The normalized spacial score (nSPS) is 14.1. The largest absolute Gasteiger partial charge is 0.446 e. The van der Waals surface area contributed by atoms with Gasteiger partial charge >= 0.3 is 0 Å². The van der Waals surface area contributed by atoms with Crippen LogP contribution in [-0.2, 0) is 31.4 Å². The van der Waals surface area contributed by atoms with E-state index in [-0.39, 0.29) is 5.91 Å². The van der Waals surface area contributed by atoms with Crippen LogP contribution in [0.1, 0.15) is 33.3 Å². The lowest BCUT2D eigenvalue weighted by Crippen LogP contribution is -2.23. The molecule has 0 spiro atoms. The highest BCUT2D eigenvalue weighted by atomic mass is 32.1. The van der Waals surface area contributed by atoms with Crippen LogP contribution in [0, 0.1) is 0 Å². The maximum Gasteiger partial charge on any atom is 0.261 e. The van der Waals surface area contributed by atoms with Crippen LogP contribution in [0.2, 0.25) is 0 Å². The number of amides is 1. The van der Waals surface area contributed by atoms with Gasteiger partial charge in [-0.3, -0.25) is 9.48 Å². The first kappa shape index (κ1) is 17.3. The maximum atomic E-state index is 12.7. The first-order chi connectivity index (χ1) is 13.7. The van der Waals surface area contributed by atoms with E-state index < -0.39 is 0 Å². The van der Waals surface area contributed by atoms with Crippen LogP contribution in [0.5, 0.6) is 16.6 Å². The highest BCUT2D eigenvalue weighted by molar-refractivity contribution is 7.16. The highest BCUT2D eigenvalue weighted by Crippen LogP contribution is 2.49. The number of carbonyl (C=O) groups is 1. The van der Waals surface area contributed by atoms with Gasteiger partial charge in [0.25, 0.3) is 5.91 Å². The number of hydrogen-bond acceptors (Lipinski definition) is 6. The van der Waals surface area contributed by atoms with E-state index in [0.717, 1.165) is 35.2 Å². The second-order valence-electron chi connectivity index (χ2n) is 6.79. The third-order valence-corrected chi connectivity index (χ3v) is 6.14. The Morgan fingerprint density at radius 2 is 2.25 bits per heavy atom. The second-order valence-corrected chi connectivity index (χ2v) is 7.77. The summed E-state index contributed by atoms with van der Waals surface area (Å²) in [7, 11) is 1.92. The third-order valence-electron chi connectivity index (χ3n) is 5.03. The van der Waals surface area contributed by atoms with Crippen molar-refractivity contribution >= 4 is 17.2 Å². The molecule has 5 rings (SSSR count). The Bertz CT molecular complexity index is 1090. The van der Waals surface area contributed by atoms with Gasteiger partial charge < -0.3 is 14.9 Å². The number of nitrogens with one attached hydrogen (secondary N) is 1. The molecular formula is C20H19N3O4S. The topological polar surface area (TPSA) is 74.6 Å². The number of aryl methyl sites for hydroxylation is 2. The molecule has 0 atom stereocenters. The molecule has 7 nitrogen and oxygen atoms in total. The van der Waals surface area contributed by atoms with Gasteiger partial charge in [-0.15, -0.1) is 0 Å². The lowest BCUT2D eigenvalue weighted by Gasteiger charge is -2.16. The fourth-order valence-corrected chi connectivity index (χ4v) is 4.86. The van der Waals surface area contributed by atoms with E-state index in [4.69, 9.17) is 14.5 Å². The van der Waals surface area contributed by atoms with Gasteiger partial charge in [-0.25, -0.2) is 0 Å². The number of ether oxygens (including phenoxy) is 1. The standard InChI is InChI=1S/C20H19N3O4S/c1-3-21-19(24)18-14-7-5-11-9-22-23(2)17(11)16(14)20(28-18)26-13-6-4-12-10-25-27-15(12)8-13/h4,6,8-9H,3,5,7,10H2,1-2H3,(H,21,24). The van der Waals surface area contributed by atoms with Crippen molar-refractivity contribution in [3.63, 3.8) is 0 Å². The minimum atomic E-state index is -0.0603. The summed E-state index contributed by atoms with van der Waals surface area (Å²) < 4.78 is 8.11. The van der Waals surface area contributed by atoms with Gasteiger partial charge in [-0.1, -0.05) is 11.3 Å². The molecule has 3 heterocycles.